The van der Waals surface area contributed by atoms with E-state index in [1.165, 1.54) is 11.8 Å². The molecule has 0 saturated carbocycles. The van der Waals surface area contributed by atoms with E-state index in [0.29, 0.717) is 17.3 Å². The highest BCUT2D eigenvalue weighted by molar-refractivity contribution is 7.99. The number of aromatic nitrogens is 3. The fourth-order valence-electron chi connectivity index (χ4n) is 1.69. The summed E-state index contributed by atoms with van der Waals surface area (Å²) in [5, 5.41) is 8.94. The summed E-state index contributed by atoms with van der Waals surface area (Å²) >= 11 is 1.39. The number of amides is 1. The number of aromatic amines is 2. The molecule has 6 nitrogen and oxygen atoms in total. The van der Waals surface area contributed by atoms with Gasteiger partial charge in [0, 0.05) is 5.69 Å². The fraction of sp³-hybridized carbons (Fsp3) is 0.308. The minimum Gasteiger partial charge on any atom is -0.325 e. The molecule has 0 unspecified atom stereocenters. The number of nitrogens with one attached hydrogen (secondary N) is 3. The first kappa shape index (κ1) is 14.4. The molecule has 1 heterocycles. The molecule has 20 heavy (non-hydrogen) atoms. The van der Waals surface area contributed by atoms with Crippen LogP contribution < -0.4 is 11.0 Å². The van der Waals surface area contributed by atoms with Gasteiger partial charge in [-0.2, -0.15) is 5.10 Å². The summed E-state index contributed by atoms with van der Waals surface area (Å²) < 4.78 is 0. The first-order chi connectivity index (χ1) is 9.56. The lowest BCUT2D eigenvalue weighted by Crippen LogP contribution is -2.15. The van der Waals surface area contributed by atoms with Crippen molar-refractivity contribution in [2.24, 2.45) is 0 Å². The van der Waals surface area contributed by atoms with E-state index in [1.807, 2.05) is 32.0 Å². The lowest BCUT2D eigenvalue weighted by Gasteiger charge is -2.09. The maximum Gasteiger partial charge on any atom is 0.340 e. The van der Waals surface area contributed by atoms with Crippen molar-refractivity contribution in [1.82, 2.24) is 15.2 Å². The number of aryl methyl sites for hydroxylation is 1. The van der Waals surface area contributed by atoms with Crippen LogP contribution in [0.5, 0.6) is 0 Å². The van der Waals surface area contributed by atoms with Gasteiger partial charge in [0.05, 0.1) is 11.5 Å². The van der Waals surface area contributed by atoms with Gasteiger partial charge < -0.3 is 5.32 Å². The first-order valence-electron chi connectivity index (χ1n) is 6.13. The summed E-state index contributed by atoms with van der Waals surface area (Å²) in [5.41, 5.74) is 2.72. The van der Waals surface area contributed by atoms with E-state index in [-0.39, 0.29) is 11.6 Å². The Balaban J connectivity index is 1.83. The van der Waals surface area contributed by atoms with E-state index >= 15 is 0 Å². The molecule has 0 fully saturated rings. The van der Waals surface area contributed by atoms with Gasteiger partial charge in [-0.1, -0.05) is 12.1 Å². The van der Waals surface area contributed by atoms with Crippen LogP contribution in [0.25, 0.3) is 0 Å². The summed E-state index contributed by atoms with van der Waals surface area (Å²) in [5.74, 6) is 1.27. The highest BCUT2D eigenvalue weighted by Gasteiger charge is 2.07. The van der Waals surface area contributed by atoms with Gasteiger partial charge in [0.2, 0.25) is 5.91 Å². The molecule has 7 heteroatoms. The van der Waals surface area contributed by atoms with Gasteiger partial charge in [-0.15, -0.1) is 11.8 Å². The first-order valence-corrected chi connectivity index (χ1v) is 7.29. The van der Waals surface area contributed by atoms with Crippen LogP contribution in [-0.2, 0) is 10.5 Å². The minimum atomic E-state index is -0.333. The van der Waals surface area contributed by atoms with Gasteiger partial charge in [0.15, 0.2) is 0 Å². The largest absolute Gasteiger partial charge is 0.340 e. The van der Waals surface area contributed by atoms with E-state index in [0.717, 1.165) is 16.8 Å². The Kier molecular flexibility index (Phi) is 4.62. The van der Waals surface area contributed by atoms with Crippen LogP contribution in [0.1, 0.15) is 17.0 Å². The normalized spacial score (nSPS) is 10.5. The molecule has 0 aliphatic heterocycles. The number of carbonyl (C=O) groups is 1. The van der Waals surface area contributed by atoms with Crippen LogP contribution in [0, 0.1) is 13.8 Å². The molecule has 106 valence electrons. The molecule has 0 bridgehead atoms. The van der Waals surface area contributed by atoms with Crippen molar-refractivity contribution in [1.29, 1.82) is 0 Å². The van der Waals surface area contributed by atoms with Crippen LogP contribution >= 0.6 is 11.8 Å². The highest BCUT2D eigenvalue weighted by Crippen LogP contribution is 2.18. The van der Waals surface area contributed by atoms with Gasteiger partial charge in [0.25, 0.3) is 0 Å². The molecule has 0 saturated heterocycles. The van der Waals surface area contributed by atoms with E-state index in [9.17, 15) is 9.59 Å². The lowest BCUT2D eigenvalue weighted by molar-refractivity contribution is -0.113. The molecule has 1 aromatic heterocycles. The predicted molar refractivity (Wildman–Crippen MR) is 79.9 cm³/mol. The van der Waals surface area contributed by atoms with Crippen molar-refractivity contribution in [2.75, 3.05) is 11.1 Å². The van der Waals surface area contributed by atoms with Crippen LogP contribution in [-0.4, -0.2) is 26.8 Å². The van der Waals surface area contributed by atoms with Crippen molar-refractivity contribution in [3.8, 4) is 0 Å². The van der Waals surface area contributed by atoms with Crippen LogP contribution in [0.3, 0.4) is 0 Å². The van der Waals surface area contributed by atoms with Crippen molar-refractivity contribution >= 4 is 23.4 Å². The van der Waals surface area contributed by atoms with Crippen LogP contribution in [0.4, 0.5) is 5.69 Å². The molecule has 0 spiro atoms. The van der Waals surface area contributed by atoms with Gasteiger partial charge in [-0.3, -0.25) is 9.78 Å². The number of hydrogen-bond donors (Lipinski definition) is 3. The van der Waals surface area contributed by atoms with Crippen molar-refractivity contribution in [3.05, 3.63) is 45.6 Å². The molecule has 2 rings (SSSR count). The second-order valence-electron chi connectivity index (χ2n) is 4.41. The number of carbonyl (C=O) groups excluding carboxylic acids is 1. The number of rotatable bonds is 5. The number of H-pyrrole nitrogens is 2. The molecule has 3 N–H and O–H groups in total. The number of hydrogen-bond acceptors (Lipinski definition) is 4. The zero-order valence-electron chi connectivity index (χ0n) is 11.3. The third-order valence-corrected chi connectivity index (χ3v) is 3.84. The standard InChI is InChI=1S/C13H16N4O2S/c1-8-4-3-5-10(9(8)2)14-12(18)7-20-6-11-15-13(19)17-16-11/h3-5H,6-7H2,1-2H3,(H,14,18)(H2,15,16,17,19). The molecule has 0 atom stereocenters. The Labute approximate surface area is 120 Å². The maximum absolute atomic E-state index is 11.8. The average molecular weight is 292 g/mol. The Hall–Kier alpha value is -2.02. The van der Waals surface area contributed by atoms with E-state index in [4.69, 9.17) is 0 Å². The predicted octanol–water partition coefficient (Wildman–Crippen LogP) is 1.59. The van der Waals surface area contributed by atoms with Crippen LogP contribution in [0.15, 0.2) is 23.0 Å². The van der Waals surface area contributed by atoms with E-state index in [1.54, 1.807) is 0 Å². The molecular weight excluding hydrogens is 276 g/mol. The maximum atomic E-state index is 11.8. The van der Waals surface area contributed by atoms with Gasteiger partial charge in [-0.05, 0) is 31.0 Å². The highest BCUT2D eigenvalue weighted by atomic mass is 32.2. The van der Waals surface area contributed by atoms with E-state index < -0.39 is 0 Å². The van der Waals surface area contributed by atoms with E-state index in [2.05, 4.69) is 20.5 Å². The molecule has 0 aliphatic rings. The Bertz CT molecular complexity index is 662. The summed E-state index contributed by atoms with van der Waals surface area (Å²) in [6.07, 6.45) is 0. The van der Waals surface area contributed by atoms with Gasteiger partial charge in [0.1, 0.15) is 5.82 Å². The topological polar surface area (TPSA) is 90.6 Å². The summed E-state index contributed by atoms with van der Waals surface area (Å²) in [6, 6.07) is 5.81. The zero-order valence-corrected chi connectivity index (χ0v) is 12.1. The summed E-state index contributed by atoms with van der Waals surface area (Å²) in [7, 11) is 0. The third-order valence-electron chi connectivity index (χ3n) is 2.90. The fourth-order valence-corrected chi connectivity index (χ4v) is 2.38. The lowest BCUT2D eigenvalue weighted by atomic mass is 10.1. The second-order valence-corrected chi connectivity index (χ2v) is 5.40. The molecule has 1 amide bonds. The van der Waals surface area contributed by atoms with Crippen LogP contribution in [0.2, 0.25) is 0 Å². The quantitative estimate of drug-likeness (QED) is 0.780. The molecule has 2 aromatic rings. The molecular formula is C13H16N4O2S. The molecule has 1 aromatic carbocycles. The Morgan fingerprint density at radius 1 is 1.40 bits per heavy atom. The number of benzene rings is 1. The Morgan fingerprint density at radius 3 is 2.90 bits per heavy atom. The summed E-state index contributed by atoms with van der Waals surface area (Å²) in [6.45, 7) is 3.99. The van der Waals surface area contributed by atoms with Gasteiger partial charge >= 0.3 is 5.69 Å². The number of nitrogens with zero attached hydrogens (tertiary/aromatic N) is 1. The number of thioether (sulfide) groups is 1. The molecule has 0 aliphatic carbocycles. The minimum absolute atomic E-state index is 0.0680. The van der Waals surface area contributed by atoms with Crippen molar-refractivity contribution < 1.29 is 4.79 Å². The number of anilines is 1. The molecule has 0 radical (unpaired) electrons. The van der Waals surface area contributed by atoms with Gasteiger partial charge in [-0.25, -0.2) is 9.89 Å². The van der Waals surface area contributed by atoms with Crippen molar-refractivity contribution in [2.45, 2.75) is 19.6 Å². The summed E-state index contributed by atoms with van der Waals surface area (Å²) in [4.78, 5) is 25.2. The monoisotopic (exact) mass is 292 g/mol. The SMILES string of the molecule is Cc1cccc(NC(=O)CSCc2n[nH]c(=O)[nH]2)c1C. The second kappa shape index (κ2) is 6.42. The zero-order chi connectivity index (χ0) is 14.5. The smallest absolute Gasteiger partial charge is 0.325 e. The third kappa shape index (κ3) is 3.74. The van der Waals surface area contributed by atoms with Crippen molar-refractivity contribution in [3.63, 3.8) is 0 Å². The Morgan fingerprint density at radius 2 is 2.20 bits per heavy atom. The average Bonchev–Trinajstić information content (AvgIpc) is 2.81.